The molecule has 0 bridgehead atoms. The Hall–Kier alpha value is -6.18. The van der Waals surface area contributed by atoms with Gasteiger partial charge in [0.25, 0.3) is 0 Å². The van der Waals surface area contributed by atoms with Gasteiger partial charge in [0.15, 0.2) is 0 Å². The SMILES string of the molecule is CN(C)c1nc(Nc2ccccc2Nc2nc(OC(C=COON)C(=O)ON)nc(N(C)C)n2)nc(OC(C=COON)C(=O)ON)n1. The van der Waals surface area contributed by atoms with E-state index in [1.165, 1.54) is 0 Å². The molecule has 0 radical (unpaired) electrons. The minimum atomic E-state index is -1.46. The Balaban J connectivity index is 1.95. The summed E-state index contributed by atoms with van der Waals surface area (Å²) in [5.41, 5.74) is 0.845. The van der Waals surface area contributed by atoms with E-state index in [2.05, 4.69) is 70.0 Å². The highest BCUT2D eigenvalue weighted by atomic mass is 17.3. The van der Waals surface area contributed by atoms with Gasteiger partial charge in [-0.1, -0.05) is 22.1 Å². The van der Waals surface area contributed by atoms with Crippen LogP contribution in [0.15, 0.2) is 48.9 Å². The van der Waals surface area contributed by atoms with E-state index in [1.54, 1.807) is 62.3 Å². The molecule has 24 nitrogen and oxygen atoms in total. The van der Waals surface area contributed by atoms with Crippen LogP contribution >= 0.6 is 0 Å². The summed E-state index contributed by atoms with van der Waals surface area (Å²) in [6.07, 6.45) is 1.09. The molecule has 2 heterocycles. The molecule has 3 aromatic rings. The Kier molecular flexibility index (Phi) is 13.7. The molecule has 0 aliphatic heterocycles. The monoisotopic (exact) mass is 676 g/mol. The van der Waals surface area contributed by atoms with Crippen LogP contribution in [0, 0.1) is 0 Å². The topological polar surface area (TPSA) is 320 Å². The maximum absolute atomic E-state index is 12.1. The Labute approximate surface area is 271 Å². The summed E-state index contributed by atoms with van der Waals surface area (Å²) in [6, 6.07) is 6.24. The van der Waals surface area contributed by atoms with Crippen LogP contribution in [-0.4, -0.2) is 82.2 Å². The minimum Gasteiger partial charge on any atom is -0.443 e. The summed E-state index contributed by atoms with van der Waals surface area (Å²) in [5.74, 6) is 17.9. The number of nitrogens with two attached hydrogens (primary N) is 4. The lowest BCUT2D eigenvalue weighted by atomic mass is 10.2. The molecule has 0 fully saturated rings. The average molecular weight is 677 g/mol. The van der Waals surface area contributed by atoms with Crippen molar-refractivity contribution in [3.05, 3.63) is 48.9 Å². The lowest BCUT2D eigenvalue weighted by molar-refractivity contribution is -0.254. The molecule has 2 unspecified atom stereocenters. The minimum absolute atomic E-state index is 0.00408. The van der Waals surface area contributed by atoms with Crippen molar-refractivity contribution in [3.8, 4) is 12.0 Å². The standard InChI is InChI=1S/C24H32N14O10/c1-37(2)21-31-19(33-23(35-21)43-15(17(39)45-25)9-11-41-47-27)29-13-7-5-6-8-14(13)30-20-32-22(38(3)4)36-24(34-20)44-16(18(40)46-26)10-12-42-48-28/h5-12,15-16H,25-28H2,1-4H3,(H,29,31,33,35)(H,30,32,34,36). The van der Waals surface area contributed by atoms with Crippen molar-refractivity contribution >= 4 is 47.1 Å². The van der Waals surface area contributed by atoms with E-state index in [-0.39, 0.29) is 35.8 Å². The Morgan fingerprint density at radius 2 is 1.06 bits per heavy atom. The molecule has 2 atom stereocenters. The van der Waals surface area contributed by atoms with E-state index in [9.17, 15) is 9.59 Å². The van der Waals surface area contributed by atoms with Crippen LogP contribution in [0.4, 0.5) is 35.2 Å². The number of aromatic nitrogens is 6. The number of nitrogens with zero attached hydrogens (tertiary/aromatic N) is 8. The van der Waals surface area contributed by atoms with Gasteiger partial charge in [-0.25, -0.2) is 9.59 Å². The Bertz CT molecular complexity index is 1460. The highest BCUT2D eigenvalue weighted by molar-refractivity contribution is 5.78. The van der Waals surface area contributed by atoms with E-state index >= 15 is 0 Å². The van der Waals surface area contributed by atoms with Crippen LogP contribution in [0.25, 0.3) is 0 Å². The second-order valence-electron chi connectivity index (χ2n) is 9.06. The first-order valence-corrected chi connectivity index (χ1v) is 13.1. The first-order valence-electron chi connectivity index (χ1n) is 13.1. The highest BCUT2D eigenvalue weighted by Gasteiger charge is 2.24. The van der Waals surface area contributed by atoms with Gasteiger partial charge in [-0.2, -0.15) is 53.5 Å². The zero-order valence-electron chi connectivity index (χ0n) is 25.7. The summed E-state index contributed by atoms with van der Waals surface area (Å²) in [5, 5.41) is 6.10. The summed E-state index contributed by atoms with van der Waals surface area (Å²) in [4.78, 5) is 78.3. The van der Waals surface area contributed by atoms with Gasteiger partial charge >= 0.3 is 24.0 Å². The highest BCUT2D eigenvalue weighted by Crippen LogP contribution is 2.28. The van der Waals surface area contributed by atoms with Crippen LogP contribution in [0.1, 0.15) is 0 Å². The van der Waals surface area contributed by atoms with Crippen molar-refractivity contribution in [1.82, 2.24) is 29.9 Å². The van der Waals surface area contributed by atoms with Gasteiger partial charge in [0.05, 0.1) is 11.4 Å². The molecular weight excluding hydrogens is 644 g/mol. The van der Waals surface area contributed by atoms with Crippen LogP contribution in [0.5, 0.6) is 12.0 Å². The van der Waals surface area contributed by atoms with Gasteiger partial charge in [0.2, 0.25) is 36.0 Å². The van der Waals surface area contributed by atoms with Crippen LogP contribution < -0.4 is 53.5 Å². The lowest BCUT2D eigenvalue weighted by Gasteiger charge is -2.18. The van der Waals surface area contributed by atoms with E-state index in [0.717, 1.165) is 24.7 Å². The molecular formula is C24H32N14O10. The molecule has 258 valence electrons. The van der Waals surface area contributed by atoms with Gasteiger partial charge in [-0.15, -0.1) is 0 Å². The number of benzene rings is 1. The van der Waals surface area contributed by atoms with Crippen LogP contribution in [-0.2, 0) is 39.0 Å². The molecule has 24 heteroatoms. The van der Waals surface area contributed by atoms with Gasteiger partial charge < -0.3 is 49.4 Å². The van der Waals surface area contributed by atoms with Crippen LogP contribution in [0.3, 0.4) is 0 Å². The van der Waals surface area contributed by atoms with Crippen molar-refractivity contribution in [3.63, 3.8) is 0 Å². The number of hydrogen-bond donors (Lipinski definition) is 6. The largest absolute Gasteiger partial charge is 0.443 e. The average Bonchev–Trinajstić information content (AvgIpc) is 3.07. The summed E-state index contributed by atoms with van der Waals surface area (Å²) in [6.45, 7) is 0. The number of hydrogen-bond acceptors (Lipinski definition) is 24. The first kappa shape index (κ1) is 36.3. The van der Waals surface area contributed by atoms with E-state index in [4.69, 9.17) is 33.1 Å². The molecule has 0 saturated carbocycles. The van der Waals surface area contributed by atoms with Crippen molar-refractivity contribution in [2.24, 2.45) is 23.6 Å². The third-order valence-electron chi connectivity index (χ3n) is 5.32. The molecule has 0 aliphatic carbocycles. The summed E-state index contributed by atoms with van der Waals surface area (Å²) >= 11 is 0. The number of carbonyl (C=O) groups excluding carboxylic acids is 2. The third kappa shape index (κ3) is 10.7. The number of rotatable bonds is 18. The smallest absolute Gasteiger partial charge is 0.370 e. The van der Waals surface area contributed by atoms with Gasteiger partial charge in [0, 0.05) is 40.3 Å². The van der Waals surface area contributed by atoms with Gasteiger partial charge in [0.1, 0.15) is 12.5 Å². The molecule has 0 amide bonds. The Morgan fingerprint density at radius 1 is 0.667 bits per heavy atom. The molecule has 0 saturated heterocycles. The van der Waals surface area contributed by atoms with Gasteiger partial charge in [-0.3, -0.25) is 0 Å². The summed E-state index contributed by atoms with van der Waals surface area (Å²) in [7, 11) is 6.69. The third-order valence-corrected chi connectivity index (χ3v) is 5.32. The predicted octanol–water partition coefficient (Wildman–Crippen LogP) is -1.32. The fourth-order valence-corrected chi connectivity index (χ4v) is 3.22. The first-order chi connectivity index (χ1) is 23.1. The predicted molar refractivity (Wildman–Crippen MR) is 162 cm³/mol. The maximum Gasteiger partial charge on any atom is 0.370 e. The quantitative estimate of drug-likeness (QED) is 0.0516. The van der Waals surface area contributed by atoms with Crippen molar-refractivity contribution in [2.75, 3.05) is 48.6 Å². The molecule has 48 heavy (non-hydrogen) atoms. The second-order valence-corrected chi connectivity index (χ2v) is 9.06. The maximum atomic E-state index is 12.1. The fourth-order valence-electron chi connectivity index (χ4n) is 3.22. The number of anilines is 6. The van der Waals surface area contributed by atoms with Crippen molar-refractivity contribution in [1.29, 1.82) is 0 Å². The zero-order chi connectivity index (χ0) is 35.1. The van der Waals surface area contributed by atoms with E-state index in [0.29, 0.717) is 11.4 Å². The number of carbonyl (C=O) groups is 2. The molecule has 0 spiro atoms. The zero-order valence-corrected chi connectivity index (χ0v) is 25.7. The molecule has 3 rings (SSSR count). The number of ether oxygens (including phenoxy) is 2. The Morgan fingerprint density at radius 3 is 1.40 bits per heavy atom. The fraction of sp³-hybridized carbons (Fsp3) is 0.250. The number of nitrogens with one attached hydrogen (secondary N) is 2. The second kappa shape index (κ2) is 18.1. The molecule has 0 aliphatic rings. The van der Waals surface area contributed by atoms with Crippen molar-refractivity contribution in [2.45, 2.75) is 12.2 Å². The molecule has 1 aromatic carbocycles. The van der Waals surface area contributed by atoms with Crippen LogP contribution in [0.2, 0.25) is 0 Å². The normalized spacial score (nSPS) is 12.2. The molecule has 10 N–H and O–H groups in total. The molecule has 2 aromatic heterocycles. The number of para-hydroxylation sites is 2. The summed E-state index contributed by atoms with van der Waals surface area (Å²) < 4.78 is 11.1. The lowest BCUT2D eigenvalue weighted by Crippen LogP contribution is -2.30. The van der Waals surface area contributed by atoms with E-state index in [1.807, 2.05) is 0 Å². The van der Waals surface area contributed by atoms with E-state index < -0.39 is 24.1 Å². The van der Waals surface area contributed by atoms with Crippen molar-refractivity contribution < 1.29 is 48.5 Å². The van der Waals surface area contributed by atoms with Gasteiger partial charge in [-0.05, 0) is 12.1 Å².